The zero-order valence-corrected chi connectivity index (χ0v) is 12.8. The zero-order valence-electron chi connectivity index (χ0n) is 12.8. The number of carbonyl (C=O) groups is 1. The number of amides is 1. The van der Waals surface area contributed by atoms with Crippen LogP contribution in [0.3, 0.4) is 0 Å². The van der Waals surface area contributed by atoms with E-state index in [-0.39, 0.29) is 5.91 Å². The standard InChI is InChI=1S/C19H21NO2/c1-20-18(21)16-10-4-2-8-15(16)13-19(22)12-6-9-14-7-3-5-11-17(14)19/h2-5,7-8,10-11,22H,6,9,12-13H2,1H3,(H,20,21)/t19-/m1/s1. The van der Waals surface area contributed by atoms with Gasteiger partial charge < -0.3 is 10.4 Å². The van der Waals surface area contributed by atoms with Crippen LogP contribution in [0.15, 0.2) is 48.5 Å². The van der Waals surface area contributed by atoms with Crippen molar-refractivity contribution in [1.29, 1.82) is 0 Å². The molecule has 0 fully saturated rings. The molecule has 1 aliphatic carbocycles. The minimum Gasteiger partial charge on any atom is -0.385 e. The molecule has 1 atom stereocenters. The van der Waals surface area contributed by atoms with Crippen LogP contribution in [0.5, 0.6) is 0 Å². The number of nitrogens with one attached hydrogen (secondary N) is 1. The van der Waals surface area contributed by atoms with Crippen molar-refractivity contribution in [1.82, 2.24) is 5.32 Å². The predicted octanol–water partition coefficient (Wildman–Crippen LogP) is 2.81. The highest BCUT2D eigenvalue weighted by molar-refractivity contribution is 5.95. The molecule has 0 radical (unpaired) electrons. The third kappa shape index (κ3) is 2.64. The van der Waals surface area contributed by atoms with Crippen LogP contribution in [0.4, 0.5) is 0 Å². The maximum absolute atomic E-state index is 12.0. The molecule has 2 aromatic rings. The molecule has 0 bridgehead atoms. The highest BCUT2D eigenvalue weighted by Crippen LogP contribution is 2.38. The summed E-state index contributed by atoms with van der Waals surface area (Å²) < 4.78 is 0. The first kappa shape index (κ1) is 14.8. The Morgan fingerprint density at radius 2 is 1.91 bits per heavy atom. The summed E-state index contributed by atoms with van der Waals surface area (Å²) in [4.78, 5) is 12.0. The number of hydrogen-bond acceptors (Lipinski definition) is 2. The van der Waals surface area contributed by atoms with Crippen molar-refractivity contribution in [2.24, 2.45) is 0 Å². The van der Waals surface area contributed by atoms with Crippen LogP contribution in [0.1, 0.15) is 39.9 Å². The Hall–Kier alpha value is -2.13. The zero-order chi connectivity index (χ0) is 15.6. The summed E-state index contributed by atoms with van der Waals surface area (Å²) in [6.07, 6.45) is 3.17. The number of carbonyl (C=O) groups excluding carboxylic acids is 1. The van der Waals surface area contributed by atoms with Crippen LogP contribution < -0.4 is 5.32 Å². The second-order valence-corrected chi connectivity index (χ2v) is 5.96. The van der Waals surface area contributed by atoms with E-state index in [1.54, 1.807) is 7.05 Å². The summed E-state index contributed by atoms with van der Waals surface area (Å²) in [5, 5.41) is 13.9. The van der Waals surface area contributed by atoms with Crippen LogP contribution in [-0.4, -0.2) is 18.1 Å². The number of benzene rings is 2. The second-order valence-electron chi connectivity index (χ2n) is 5.96. The summed E-state index contributed by atoms with van der Waals surface area (Å²) in [5.74, 6) is -0.108. The van der Waals surface area contributed by atoms with Gasteiger partial charge in [-0.05, 0) is 42.0 Å². The average molecular weight is 295 g/mol. The summed E-state index contributed by atoms with van der Waals surface area (Å²) in [7, 11) is 1.63. The van der Waals surface area contributed by atoms with Gasteiger partial charge in [0.25, 0.3) is 5.91 Å². The Morgan fingerprint density at radius 3 is 2.73 bits per heavy atom. The number of aryl methyl sites for hydroxylation is 1. The molecular weight excluding hydrogens is 274 g/mol. The van der Waals surface area contributed by atoms with Gasteiger partial charge in [-0.25, -0.2) is 0 Å². The number of hydrogen-bond donors (Lipinski definition) is 2. The monoisotopic (exact) mass is 295 g/mol. The lowest BCUT2D eigenvalue weighted by Crippen LogP contribution is -2.34. The molecule has 0 aromatic heterocycles. The molecule has 2 N–H and O–H groups in total. The van der Waals surface area contributed by atoms with Crippen LogP contribution in [-0.2, 0) is 18.4 Å². The quantitative estimate of drug-likeness (QED) is 0.915. The molecule has 0 aliphatic heterocycles. The summed E-state index contributed by atoms with van der Waals surface area (Å²) in [6.45, 7) is 0. The molecule has 0 saturated carbocycles. The number of rotatable bonds is 3. The lowest BCUT2D eigenvalue weighted by Gasteiger charge is -2.35. The molecule has 22 heavy (non-hydrogen) atoms. The molecule has 0 saturated heterocycles. The fraction of sp³-hybridized carbons (Fsp3) is 0.316. The van der Waals surface area contributed by atoms with Crippen molar-refractivity contribution in [2.75, 3.05) is 7.05 Å². The fourth-order valence-electron chi connectivity index (χ4n) is 3.43. The molecule has 114 valence electrons. The van der Waals surface area contributed by atoms with E-state index < -0.39 is 5.60 Å². The van der Waals surface area contributed by atoms with Crippen LogP contribution in [0.25, 0.3) is 0 Å². The van der Waals surface area contributed by atoms with Crippen molar-refractivity contribution in [3.05, 3.63) is 70.8 Å². The van der Waals surface area contributed by atoms with Gasteiger partial charge in [0.1, 0.15) is 0 Å². The van der Waals surface area contributed by atoms with Gasteiger partial charge in [-0.2, -0.15) is 0 Å². The fourth-order valence-corrected chi connectivity index (χ4v) is 3.43. The van der Waals surface area contributed by atoms with E-state index in [1.807, 2.05) is 42.5 Å². The number of aliphatic hydroxyl groups is 1. The van der Waals surface area contributed by atoms with Gasteiger partial charge in [-0.15, -0.1) is 0 Å². The molecule has 3 heteroatoms. The maximum Gasteiger partial charge on any atom is 0.251 e. The van der Waals surface area contributed by atoms with Crippen molar-refractivity contribution >= 4 is 5.91 Å². The van der Waals surface area contributed by atoms with E-state index in [2.05, 4.69) is 11.4 Å². The van der Waals surface area contributed by atoms with Crippen molar-refractivity contribution in [2.45, 2.75) is 31.3 Å². The summed E-state index contributed by atoms with van der Waals surface area (Å²) in [6, 6.07) is 15.6. The maximum atomic E-state index is 12.0. The first-order chi connectivity index (χ1) is 10.6. The Morgan fingerprint density at radius 1 is 1.18 bits per heavy atom. The van der Waals surface area contributed by atoms with Gasteiger partial charge >= 0.3 is 0 Å². The molecule has 1 aliphatic rings. The highest BCUT2D eigenvalue weighted by Gasteiger charge is 2.35. The highest BCUT2D eigenvalue weighted by atomic mass is 16.3. The van der Waals surface area contributed by atoms with Gasteiger partial charge in [0.05, 0.1) is 5.60 Å². The molecular formula is C19H21NO2. The van der Waals surface area contributed by atoms with Gasteiger partial charge in [0.2, 0.25) is 0 Å². The van der Waals surface area contributed by atoms with Crippen LogP contribution in [0, 0.1) is 0 Å². The van der Waals surface area contributed by atoms with Crippen molar-refractivity contribution in [3.8, 4) is 0 Å². The van der Waals surface area contributed by atoms with Gasteiger partial charge in [0.15, 0.2) is 0 Å². The van der Waals surface area contributed by atoms with E-state index in [9.17, 15) is 9.90 Å². The normalized spacial score (nSPS) is 20.3. The minimum atomic E-state index is -0.890. The molecule has 3 nitrogen and oxygen atoms in total. The summed E-state index contributed by atoms with van der Waals surface area (Å²) in [5.41, 5.74) is 2.86. The third-order valence-corrected chi connectivity index (χ3v) is 4.53. The molecule has 0 heterocycles. The van der Waals surface area contributed by atoms with E-state index in [4.69, 9.17) is 0 Å². The first-order valence-corrected chi connectivity index (χ1v) is 7.75. The molecule has 0 unspecified atom stereocenters. The molecule has 2 aromatic carbocycles. The Bertz CT molecular complexity index is 695. The SMILES string of the molecule is CNC(=O)c1ccccc1C[C@]1(O)CCCc2ccccc21. The number of fused-ring (bicyclic) bond motifs is 1. The lowest BCUT2D eigenvalue weighted by atomic mass is 9.75. The smallest absolute Gasteiger partial charge is 0.251 e. The van der Waals surface area contributed by atoms with E-state index in [0.717, 1.165) is 30.4 Å². The van der Waals surface area contributed by atoms with Gasteiger partial charge in [-0.1, -0.05) is 42.5 Å². The van der Waals surface area contributed by atoms with Crippen molar-refractivity contribution < 1.29 is 9.90 Å². The third-order valence-electron chi connectivity index (χ3n) is 4.53. The van der Waals surface area contributed by atoms with Gasteiger partial charge in [0, 0.05) is 19.0 Å². The second kappa shape index (κ2) is 5.93. The van der Waals surface area contributed by atoms with E-state index in [0.29, 0.717) is 12.0 Å². The van der Waals surface area contributed by atoms with E-state index in [1.165, 1.54) is 5.56 Å². The predicted molar refractivity (Wildman–Crippen MR) is 86.8 cm³/mol. The largest absolute Gasteiger partial charge is 0.385 e. The van der Waals surface area contributed by atoms with Gasteiger partial charge in [-0.3, -0.25) is 4.79 Å². The first-order valence-electron chi connectivity index (χ1n) is 7.75. The lowest BCUT2D eigenvalue weighted by molar-refractivity contribution is 0.0189. The molecule has 1 amide bonds. The minimum absolute atomic E-state index is 0.108. The van der Waals surface area contributed by atoms with Crippen LogP contribution >= 0.6 is 0 Å². The Labute approximate surface area is 131 Å². The van der Waals surface area contributed by atoms with Crippen molar-refractivity contribution in [3.63, 3.8) is 0 Å². The Kier molecular flexibility index (Phi) is 3.99. The molecule has 3 rings (SSSR count). The van der Waals surface area contributed by atoms with E-state index >= 15 is 0 Å². The molecule has 0 spiro atoms. The topological polar surface area (TPSA) is 49.3 Å². The Balaban J connectivity index is 1.99. The van der Waals surface area contributed by atoms with Crippen LogP contribution in [0.2, 0.25) is 0 Å². The summed E-state index contributed by atoms with van der Waals surface area (Å²) >= 11 is 0. The average Bonchev–Trinajstić information content (AvgIpc) is 2.55.